The van der Waals surface area contributed by atoms with Crippen LogP contribution in [0.25, 0.3) is 11.3 Å². The van der Waals surface area contributed by atoms with Crippen LogP contribution in [0.3, 0.4) is 0 Å². The summed E-state index contributed by atoms with van der Waals surface area (Å²) in [7, 11) is 5.21. The highest BCUT2D eigenvalue weighted by Crippen LogP contribution is 2.25. The number of carbonyl (C=O) groups excluding carboxylic acids is 2. The number of aromatic nitrogens is 3. The van der Waals surface area contributed by atoms with Gasteiger partial charge in [0.2, 0.25) is 0 Å². The van der Waals surface area contributed by atoms with Gasteiger partial charge in [-0.2, -0.15) is 5.10 Å². The summed E-state index contributed by atoms with van der Waals surface area (Å²) < 4.78 is 11.8. The first-order chi connectivity index (χ1) is 14.3. The van der Waals surface area contributed by atoms with Crippen LogP contribution in [0.5, 0.6) is 0 Å². The van der Waals surface area contributed by atoms with Gasteiger partial charge in [-0.3, -0.25) is 24.0 Å². The number of amides is 1. The third-order valence-corrected chi connectivity index (χ3v) is 5.36. The summed E-state index contributed by atoms with van der Waals surface area (Å²) in [6.07, 6.45) is 3.87. The molecule has 11 heteroatoms. The molecule has 0 aromatic carbocycles. The normalized spacial score (nSPS) is 18.4. The number of hydrogen-bond donors (Lipinski definition) is 2. The van der Waals surface area contributed by atoms with Crippen LogP contribution < -0.4 is 5.32 Å². The molecule has 0 unspecified atom stereocenters. The highest BCUT2D eigenvalue weighted by molar-refractivity contribution is 5.93. The lowest BCUT2D eigenvalue weighted by Crippen LogP contribution is -2.41. The first-order valence-corrected chi connectivity index (χ1v) is 9.42. The number of likely N-dealkylation sites (N-methyl/N-ethyl adjacent to an activating group) is 1. The number of likely N-dealkylation sites (tertiary alicyclic amines) is 1. The van der Waals surface area contributed by atoms with Crippen LogP contribution in [0.1, 0.15) is 35.4 Å². The standard InChI is InChI=1S/C18H25N5O4.CH2O2/c1-11-14(10-20-23(11)3)16-8-15(21-27-16)18(25)19-9-13-6-5-12(22(13)2)7-17(24)26-4;2-1-3/h8,10,12-13H,5-7,9H2,1-4H3,(H,19,25);1H,(H,2,3)/t12-,13+;/m1./s1. The molecule has 1 aliphatic heterocycles. The third-order valence-electron chi connectivity index (χ3n) is 5.36. The van der Waals surface area contributed by atoms with Crippen molar-refractivity contribution >= 4 is 18.3 Å². The Balaban J connectivity index is 0.00000101. The minimum Gasteiger partial charge on any atom is -0.483 e. The zero-order valence-corrected chi connectivity index (χ0v) is 17.5. The summed E-state index contributed by atoms with van der Waals surface area (Å²) in [5.74, 6) is 0.0237. The molecular weight excluding hydrogens is 394 g/mol. The van der Waals surface area contributed by atoms with E-state index in [1.54, 1.807) is 16.9 Å². The van der Waals surface area contributed by atoms with Crippen LogP contribution in [0.2, 0.25) is 0 Å². The van der Waals surface area contributed by atoms with Gasteiger partial charge in [-0.1, -0.05) is 5.16 Å². The lowest BCUT2D eigenvalue weighted by molar-refractivity contribution is -0.141. The van der Waals surface area contributed by atoms with E-state index >= 15 is 0 Å². The van der Waals surface area contributed by atoms with Crippen molar-refractivity contribution in [2.45, 2.75) is 38.3 Å². The Morgan fingerprint density at radius 3 is 2.63 bits per heavy atom. The van der Waals surface area contributed by atoms with E-state index in [1.807, 2.05) is 21.0 Å². The van der Waals surface area contributed by atoms with Crippen LogP contribution in [0, 0.1) is 6.92 Å². The number of nitrogens with zero attached hydrogens (tertiary/aromatic N) is 4. The van der Waals surface area contributed by atoms with Gasteiger partial charge in [0.25, 0.3) is 12.4 Å². The van der Waals surface area contributed by atoms with Gasteiger partial charge in [-0.15, -0.1) is 0 Å². The summed E-state index contributed by atoms with van der Waals surface area (Å²) in [6, 6.07) is 1.94. The first kappa shape index (κ1) is 23.1. The quantitative estimate of drug-likeness (QED) is 0.513. The summed E-state index contributed by atoms with van der Waals surface area (Å²) in [6.45, 7) is 2.16. The molecule has 1 saturated heterocycles. The predicted molar refractivity (Wildman–Crippen MR) is 106 cm³/mol. The Labute approximate surface area is 174 Å². The highest BCUT2D eigenvalue weighted by atomic mass is 16.5. The second-order valence-electron chi connectivity index (χ2n) is 6.99. The first-order valence-electron chi connectivity index (χ1n) is 9.42. The molecule has 2 aromatic heterocycles. The monoisotopic (exact) mass is 421 g/mol. The van der Waals surface area contributed by atoms with Crippen LogP contribution in [-0.4, -0.2) is 76.1 Å². The zero-order valence-electron chi connectivity index (χ0n) is 17.5. The molecule has 2 N–H and O–H groups in total. The van der Waals surface area contributed by atoms with Gasteiger partial charge in [-0.25, -0.2) is 0 Å². The van der Waals surface area contributed by atoms with Gasteiger partial charge in [0, 0.05) is 37.4 Å². The number of aryl methyl sites for hydroxylation is 1. The smallest absolute Gasteiger partial charge is 0.307 e. The number of hydrogen-bond acceptors (Lipinski definition) is 8. The van der Waals surface area contributed by atoms with E-state index in [-0.39, 0.29) is 36.1 Å². The Bertz CT molecular complexity index is 877. The fourth-order valence-corrected chi connectivity index (χ4v) is 3.41. The van der Waals surface area contributed by atoms with Crippen molar-refractivity contribution in [3.63, 3.8) is 0 Å². The van der Waals surface area contributed by atoms with Crippen molar-refractivity contribution in [1.82, 2.24) is 25.2 Å². The van der Waals surface area contributed by atoms with E-state index in [0.29, 0.717) is 18.7 Å². The van der Waals surface area contributed by atoms with Crippen molar-refractivity contribution in [3.05, 3.63) is 23.7 Å². The number of ether oxygens (including phenoxy) is 1. The number of carboxylic acid groups (broad SMARTS) is 1. The molecular formula is C19H27N5O6. The van der Waals surface area contributed by atoms with E-state index in [1.165, 1.54) is 7.11 Å². The van der Waals surface area contributed by atoms with E-state index < -0.39 is 0 Å². The maximum atomic E-state index is 12.4. The lowest BCUT2D eigenvalue weighted by Gasteiger charge is -2.25. The lowest BCUT2D eigenvalue weighted by atomic mass is 10.1. The summed E-state index contributed by atoms with van der Waals surface area (Å²) >= 11 is 0. The largest absolute Gasteiger partial charge is 0.483 e. The molecule has 3 rings (SSSR count). The molecule has 30 heavy (non-hydrogen) atoms. The third kappa shape index (κ3) is 5.44. The Morgan fingerprint density at radius 1 is 1.37 bits per heavy atom. The molecule has 0 spiro atoms. The van der Waals surface area contributed by atoms with Crippen LogP contribution in [0.4, 0.5) is 0 Å². The number of esters is 1. The fraction of sp³-hybridized carbons (Fsp3) is 0.526. The molecule has 1 aliphatic rings. The second kappa shape index (κ2) is 10.5. The van der Waals surface area contributed by atoms with Gasteiger partial charge in [0.05, 0.1) is 25.3 Å². The maximum absolute atomic E-state index is 12.4. The van der Waals surface area contributed by atoms with E-state index in [9.17, 15) is 9.59 Å². The molecule has 164 valence electrons. The predicted octanol–water partition coefficient (Wildman–Crippen LogP) is 0.840. The number of methoxy groups -OCH3 is 1. The van der Waals surface area contributed by atoms with Crippen molar-refractivity contribution in [3.8, 4) is 11.3 Å². The SMILES string of the molecule is COC(=O)C[C@H]1CC[C@@H](CNC(=O)c2cc(-c3cnn(C)c3C)on2)N1C.O=CO. The Hall–Kier alpha value is -3.21. The van der Waals surface area contributed by atoms with E-state index in [2.05, 4.69) is 20.5 Å². The van der Waals surface area contributed by atoms with Gasteiger partial charge in [-0.05, 0) is 26.8 Å². The van der Waals surface area contributed by atoms with Gasteiger partial charge in [0.1, 0.15) is 0 Å². The van der Waals surface area contributed by atoms with Crippen LogP contribution in [0.15, 0.2) is 16.8 Å². The average molecular weight is 421 g/mol. The molecule has 0 saturated carbocycles. The van der Waals surface area contributed by atoms with E-state index in [4.69, 9.17) is 19.2 Å². The van der Waals surface area contributed by atoms with E-state index in [0.717, 1.165) is 24.1 Å². The molecule has 0 radical (unpaired) electrons. The van der Waals surface area contributed by atoms with Gasteiger partial charge >= 0.3 is 5.97 Å². The summed E-state index contributed by atoms with van der Waals surface area (Å²) in [5.41, 5.74) is 1.98. The minimum absolute atomic E-state index is 0.145. The maximum Gasteiger partial charge on any atom is 0.307 e. The highest BCUT2D eigenvalue weighted by Gasteiger charge is 2.32. The molecule has 0 bridgehead atoms. The molecule has 2 atom stereocenters. The number of carbonyl (C=O) groups is 3. The van der Waals surface area contributed by atoms with Gasteiger partial charge in [0.15, 0.2) is 11.5 Å². The average Bonchev–Trinajstić information content (AvgIpc) is 3.42. The topological polar surface area (TPSA) is 140 Å². The number of rotatable bonds is 6. The molecule has 1 amide bonds. The van der Waals surface area contributed by atoms with Crippen molar-refractivity contribution in [2.24, 2.45) is 7.05 Å². The Kier molecular flexibility index (Phi) is 8.10. The summed E-state index contributed by atoms with van der Waals surface area (Å²) in [4.78, 5) is 34.4. The molecule has 0 aliphatic carbocycles. The molecule has 1 fully saturated rings. The van der Waals surface area contributed by atoms with Crippen molar-refractivity contribution in [2.75, 3.05) is 20.7 Å². The summed E-state index contributed by atoms with van der Waals surface area (Å²) in [5, 5.41) is 17.8. The van der Waals surface area contributed by atoms with Crippen LogP contribution in [-0.2, 0) is 21.4 Å². The van der Waals surface area contributed by atoms with Crippen molar-refractivity contribution < 1.29 is 28.8 Å². The minimum atomic E-state index is -0.281. The number of nitrogens with one attached hydrogen (secondary N) is 1. The second-order valence-corrected chi connectivity index (χ2v) is 6.99. The molecule has 2 aromatic rings. The Morgan fingerprint density at radius 2 is 2.03 bits per heavy atom. The van der Waals surface area contributed by atoms with Crippen LogP contribution >= 0.6 is 0 Å². The van der Waals surface area contributed by atoms with Gasteiger partial charge < -0.3 is 19.7 Å². The zero-order chi connectivity index (χ0) is 22.3. The molecule has 3 heterocycles. The molecule has 11 nitrogen and oxygen atoms in total. The van der Waals surface area contributed by atoms with Crippen molar-refractivity contribution in [1.29, 1.82) is 0 Å². The fourth-order valence-electron chi connectivity index (χ4n) is 3.41.